The summed E-state index contributed by atoms with van der Waals surface area (Å²) in [5, 5.41) is 2.08. The Hall–Kier alpha value is -1.03. The number of nitrogens with zero attached hydrogens (tertiary/aromatic N) is 1. The van der Waals surface area contributed by atoms with Crippen molar-refractivity contribution in [3.63, 3.8) is 0 Å². The van der Waals surface area contributed by atoms with Gasteiger partial charge in [0.2, 0.25) is 0 Å². The molecule has 0 atom stereocenters. The number of hydrogen-bond donors (Lipinski definition) is 1. The molecular weight excluding hydrogens is 272 g/mol. The van der Waals surface area contributed by atoms with Gasteiger partial charge in [-0.25, -0.2) is 0 Å². The number of ether oxygens (including phenoxy) is 1. The van der Waals surface area contributed by atoms with Crippen LogP contribution in [0.15, 0.2) is 24.4 Å². The number of aromatic nitrogens is 1. The van der Waals surface area contributed by atoms with E-state index >= 15 is 0 Å². The number of fused-ring (bicyclic) bond motifs is 1. The maximum Gasteiger partial charge on any atom is 0.0498 e. The van der Waals surface area contributed by atoms with Gasteiger partial charge in [0.05, 0.1) is 0 Å². The van der Waals surface area contributed by atoms with Crippen LogP contribution in [0.2, 0.25) is 5.02 Å². The smallest absolute Gasteiger partial charge is 0.0498 e. The fraction of sp³-hybridized carbons (Fsp3) is 0.500. The van der Waals surface area contributed by atoms with Crippen LogP contribution in [0.4, 0.5) is 0 Å². The lowest BCUT2D eigenvalue weighted by molar-refractivity contribution is 0.0616. The van der Waals surface area contributed by atoms with Crippen molar-refractivity contribution < 1.29 is 4.74 Å². The predicted octanol–water partition coefficient (Wildman–Crippen LogP) is 3.22. The van der Waals surface area contributed by atoms with E-state index in [4.69, 9.17) is 22.1 Å². The van der Waals surface area contributed by atoms with E-state index in [0.29, 0.717) is 12.5 Å². The van der Waals surface area contributed by atoms with E-state index in [1.807, 2.05) is 6.07 Å². The van der Waals surface area contributed by atoms with E-state index in [9.17, 15) is 0 Å². The number of nitrogens with two attached hydrogens (primary N) is 1. The molecule has 2 aromatic rings. The lowest BCUT2D eigenvalue weighted by atomic mass is 10.0. The van der Waals surface area contributed by atoms with Gasteiger partial charge in [0.1, 0.15) is 0 Å². The van der Waals surface area contributed by atoms with Gasteiger partial charge in [0.25, 0.3) is 0 Å². The van der Waals surface area contributed by atoms with Gasteiger partial charge in [-0.2, -0.15) is 0 Å². The van der Waals surface area contributed by atoms with Crippen LogP contribution < -0.4 is 5.73 Å². The second-order valence-electron chi connectivity index (χ2n) is 5.56. The standard InChI is InChI=1S/C16H21ClN2O/c17-14-1-2-15-13(3-6-18)11-19(16(15)9-14)10-12-4-7-20-8-5-12/h1-2,9,11-12H,3-8,10,18H2. The fourth-order valence-corrected chi connectivity index (χ4v) is 3.22. The Balaban J connectivity index is 1.93. The molecule has 0 bridgehead atoms. The minimum absolute atomic E-state index is 0.680. The highest BCUT2D eigenvalue weighted by Gasteiger charge is 2.16. The summed E-state index contributed by atoms with van der Waals surface area (Å²) in [5.74, 6) is 0.698. The van der Waals surface area contributed by atoms with E-state index in [1.165, 1.54) is 16.5 Å². The molecule has 0 amide bonds. The van der Waals surface area contributed by atoms with Crippen LogP contribution in [0.5, 0.6) is 0 Å². The topological polar surface area (TPSA) is 40.2 Å². The van der Waals surface area contributed by atoms with Crippen LogP contribution in [0.1, 0.15) is 18.4 Å². The van der Waals surface area contributed by atoms with Crippen LogP contribution >= 0.6 is 11.6 Å². The molecular formula is C16H21ClN2O. The Labute approximate surface area is 124 Å². The molecule has 1 saturated heterocycles. The molecule has 0 radical (unpaired) electrons. The van der Waals surface area contributed by atoms with Crippen molar-refractivity contribution in [2.24, 2.45) is 11.7 Å². The summed E-state index contributed by atoms with van der Waals surface area (Å²) in [6, 6.07) is 6.14. The molecule has 1 fully saturated rings. The summed E-state index contributed by atoms with van der Waals surface area (Å²) in [6.07, 6.45) is 5.46. The summed E-state index contributed by atoms with van der Waals surface area (Å²) in [6.45, 7) is 3.50. The molecule has 3 nitrogen and oxygen atoms in total. The third kappa shape index (κ3) is 2.85. The highest BCUT2D eigenvalue weighted by atomic mass is 35.5. The number of halogens is 1. The Morgan fingerprint density at radius 3 is 2.85 bits per heavy atom. The Kier molecular flexibility index (Phi) is 4.29. The molecule has 3 rings (SSSR count). The first-order chi connectivity index (χ1) is 9.78. The van der Waals surface area contributed by atoms with Gasteiger partial charge in [-0.05, 0) is 49.4 Å². The molecule has 1 aromatic carbocycles. The summed E-state index contributed by atoms with van der Waals surface area (Å²) < 4.78 is 7.79. The first-order valence-electron chi connectivity index (χ1n) is 7.33. The van der Waals surface area contributed by atoms with Crippen molar-refractivity contribution in [1.82, 2.24) is 4.57 Å². The minimum atomic E-state index is 0.680. The zero-order valence-electron chi connectivity index (χ0n) is 11.6. The van der Waals surface area contributed by atoms with Crippen LogP contribution in [-0.4, -0.2) is 24.3 Å². The SMILES string of the molecule is NCCc1cn(CC2CCOCC2)c2cc(Cl)ccc12. The van der Waals surface area contributed by atoms with Gasteiger partial charge in [0.15, 0.2) is 0 Å². The molecule has 0 spiro atoms. The molecule has 0 saturated carbocycles. The van der Waals surface area contributed by atoms with Crippen LogP contribution in [0.3, 0.4) is 0 Å². The molecule has 20 heavy (non-hydrogen) atoms. The summed E-state index contributed by atoms with van der Waals surface area (Å²) in [5.41, 5.74) is 8.28. The molecule has 1 aliphatic heterocycles. The molecule has 2 N–H and O–H groups in total. The van der Waals surface area contributed by atoms with E-state index in [-0.39, 0.29) is 0 Å². The third-order valence-corrected chi connectivity index (χ3v) is 4.37. The van der Waals surface area contributed by atoms with Gasteiger partial charge in [0, 0.05) is 41.9 Å². The van der Waals surface area contributed by atoms with Gasteiger partial charge < -0.3 is 15.0 Å². The average molecular weight is 293 g/mol. The molecule has 108 valence electrons. The zero-order chi connectivity index (χ0) is 13.9. The first kappa shape index (κ1) is 13.9. The highest BCUT2D eigenvalue weighted by molar-refractivity contribution is 6.31. The number of benzene rings is 1. The van der Waals surface area contributed by atoms with Crippen LogP contribution in [0.25, 0.3) is 10.9 Å². The van der Waals surface area contributed by atoms with Gasteiger partial charge in [-0.1, -0.05) is 17.7 Å². The maximum atomic E-state index is 6.16. The normalized spacial score (nSPS) is 16.9. The lowest BCUT2D eigenvalue weighted by Gasteiger charge is -2.22. The first-order valence-corrected chi connectivity index (χ1v) is 7.71. The number of hydrogen-bond acceptors (Lipinski definition) is 2. The maximum absolute atomic E-state index is 6.16. The lowest BCUT2D eigenvalue weighted by Crippen LogP contribution is -2.20. The fourth-order valence-electron chi connectivity index (χ4n) is 3.05. The van der Waals surface area contributed by atoms with E-state index in [0.717, 1.165) is 44.0 Å². The molecule has 0 unspecified atom stereocenters. The van der Waals surface area contributed by atoms with Gasteiger partial charge >= 0.3 is 0 Å². The van der Waals surface area contributed by atoms with Crippen molar-refractivity contribution in [3.8, 4) is 0 Å². The van der Waals surface area contributed by atoms with E-state index < -0.39 is 0 Å². The molecule has 0 aliphatic carbocycles. The van der Waals surface area contributed by atoms with Crippen LogP contribution in [-0.2, 0) is 17.7 Å². The van der Waals surface area contributed by atoms with E-state index in [1.54, 1.807) is 0 Å². The van der Waals surface area contributed by atoms with Gasteiger partial charge in [-0.3, -0.25) is 0 Å². The Bertz CT molecular complexity index is 587. The predicted molar refractivity (Wildman–Crippen MR) is 83.2 cm³/mol. The van der Waals surface area contributed by atoms with Crippen molar-refractivity contribution in [1.29, 1.82) is 0 Å². The summed E-state index contributed by atoms with van der Waals surface area (Å²) in [7, 11) is 0. The highest BCUT2D eigenvalue weighted by Crippen LogP contribution is 2.27. The Morgan fingerprint density at radius 1 is 1.30 bits per heavy atom. The monoisotopic (exact) mass is 292 g/mol. The largest absolute Gasteiger partial charge is 0.381 e. The third-order valence-electron chi connectivity index (χ3n) is 4.14. The number of rotatable bonds is 4. The Morgan fingerprint density at radius 2 is 2.10 bits per heavy atom. The van der Waals surface area contributed by atoms with Crippen molar-refractivity contribution >= 4 is 22.5 Å². The molecule has 2 heterocycles. The van der Waals surface area contributed by atoms with Crippen molar-refractivity contribution in [2.45, 2.75) is 25.8 Å². The van der Waals surface area contributed by atoms with Crippen LogP contribution in [0, 0.1) is 5.92 Å². The summed E-state index contributed by atoms with van der Waals surface area (Å²) >= 11 is 6.16. The quantitative estimate of drug-likeness (QED) is 0.940. The molecule has 1 aliphatic rings. The molecule has 1 aromatic heterocycles. The average Bonchev–Trinajstić information content (AvgIpc) is 2.78. The van der Waals surface area contributed by atoms with Crippen molar-refractivity contribution in [3.05, 3.63) is 35.0 Å². The summed E-state index contributed by atoms with van der Waals surface area (Å²) in [4.78, 5) is 0. The second-order valence-corrected chi connectivity index (χ2v) is 6.00. The second kappa shape index (κ2) is 6.17. The minimum Gasteiger partial charge on any atom is -0.381 e. The zero-order valence-corrected chi connectivity index (χ0v) is 12.4. The van der Waals surface area contributed by atoms with Gasteiger partial charge in [-0.15, -0.1) is 0 Å². The van der Waals surface area contributed by atoms with E-state index in [2.05, 4.69) is 22.9 Å². The van der Waals surface area contributed by atoms with Crippen molar-refractivity contribution in [2.75, 3.05) is 19.8 Å². The molecule has 4 heteroatoms.